The Hall–Kier alpha value is -0.720. The predicted molar refractivity (Wildman–Crippen MR) is 68.3 cm³/mol. The molecule has 1 aliphatic heterocycles. The molecule has 0 spiro atoms. The van der Waals surface area contributed by atoms with Gasteiger partial charge in [0.15, 0.2) is 15.6 Å². The smallest absolute Gasteiger partial charge is 0.186 e. The zero-order valence-electron chi connectivity index (χ0n) is 9.63. The maximum absolute atomic E-state index is 11.9. The van der Waals surface area contributed by atoms with Crippen LogP contribution in [0.4, 0.5) is 0 Å². The number of ketones is 1. The molecule has 1 atom stereocenters. The average molecular weight is 273 g/mol. The van der Waals surface area contributed by atoms with Gasteiger partial charge in [0.25, 0.3) is 0 Å². The van der Waals surface area contributed by atoms with E-state index in [1.807, 2.05) is 23.4 Å². The van der Waals surface area contributed by atoms with Gasteiger partial charge in [-0.15, -0.1) is 11.3 Å². The van der Waals surface area contributed by atoms with Crippen LogP contribution in [0.15, 0.2) is 17.5 Å². The van der Waals surface area contributed by atoms with Gasteiger partial charge in [0, 0.05) is 6.04 Å². The van der Waals surface area contributed by atoms with E-state index in [1.54, 1.807) is 6.07 Å². The molecule has 0 bridgehead atoms. The van der Waals surface area contributed by atoms with E-state index < -0.39 is 9.84 Å². The molecule has 1 aromatic heterocycles. The topological polar surface area (TPSA) is 54.5 Å². The van der Waals surface area contributed by atoms with E-state index in [0.717, 1.165) is 4.88 Å². The Morgan fingerprint density at radius 3 is 2.88 bits per heavy atom. The van der Waals surface area contributed by atoms with E-state index in [0.29, 0.717) is 13.0 Å². The monoisotopic (exact) mass is 273 g/mol. The minimum absolute atomic E-state index is 0.0103. The van der Waals surface area contributed by atoms with E-state index in [9.17, 15) is 13.2 Å². The average Bonchev–Trinajstić information content (AvgIpc) is 2.86. The lowest BCUT2D eigenvalue weighted by atomic mass is 10.2. The fourth-order valence-electron chi connectivity index (χ4n) is 1.99. The number of nitrogens with zero attached hydrogens (tertiary/aromatic N) is 1. The second kappa shape index (κ2) is 4.88. The molecule has 94 valence electrons. The van der Waals surface area contributed by atoms with Crippen molar-refractivity contribution in [3.63, 3.8) is 0 Å². The lowest BCUT2D eigenvalue weighted by Crippen LogP contribution is -2.36. The number of hydrogen-bond donors (Lipinski definition) is 0. The lowest BCUT2D eigenvalue weighted by molar-refractivity contribution is 0.0930. The number of likely N-dealkylation sites (N-methyl/N-ethyl adjacent to an activating group) is 1. The minimum atomic E-state index is -2.88. The summed E-state index contributed by atoms with van der Waals surface area (Å²) < 4.78 is 22.7. The van der Waals surface area contributed by atoms with Crippen LogP contribution in [0.3, 0.4) is 0 Å². The number of thiophene rings is 1. The summed E-state index contributed by atoms with van der Waals surface area (Å²) in [6, 6.07) is 3.63. The number of sulfone groups is 1. The molecule has 6 heteroatoms. The second-order valence-electron chi connectivity index (χ2n) is 4.37. The van der Waals surface area contributed by atoms with Gasteiger partial charge in [0.1, 0.15) is 0 Å². The maximum atomic E-state index is 11.9. The molecule has 0 aromatic carbocycles. The van der Waals surface area contributed by atoms with Crippen LogP contribution >= 0.6 is 11.3 Å². The molecule has 0 amide bonds. The van der Waals surface area contributed by atoms with Crippen molar-refractivity contribution in [3.8, 4) is 0 Å². The van der Waals surface area contributed by atoms with Gasteiger partial charge in [-0.2, -0.15) is 0 Å². The fourth-order valence-corrected chi connectivity index (χ4v) is 4.46. The third kappa shape index (κ3) is 3.14. The summed E-state index contributed by atoms with van der Waals surface area (Å²) in [4.78, 5) is 14.4. The highest BCUT2D eigenvalue weighted by molar-refractivity contribution is 7.91. The van der Waals surface area contributed by atoms with E-state index >= 15 is 0 Å². The van der Waals surface area contributed by atoms with Crippen molar-refractivity contribution in [2.45, 2.75) is 12.5 Å². The summed E-state index contributed by atoms with van der Waals surface area (Å²) in [6.07, 6.45) is 0.635. The molecule has 1 saturated heterocycles. The number of Topliss-reactive ketones (excluding diaryl/α,β-unsaturated/α-hetero) is 1. The predicted octanol–water partition coefficient (Wildman–Crippen LogP) is 1.05. The SMILES string of the molecule is CN(CC(=O)c1cccs1)C1CCS(=O)(=O)C1. The number of carbonyl (C=O) groups excluding carboxylic acids is 1. The van der Waals surface area contributed by atoms with Crippen molar-refractivity contribution < 1.29 is 13.2 Å². The van der Waals surface area contributed by atoms with Crippen molar-refractivity contribution in [1.29, 1.82) is 0 Å². The third-order valence-corrected chi connectivity index (χ3v) is 5.68. The standard InChI is InChI=1S/C11H15NO3S2/c1-12(9-4-6-17(14,15)8-9)7-10(13)11-3-2-5-16-11/h2-3,5,9H,4,6-8H2,1H3. The molecular weight excluding hydrogens is 258 g/mol. The first-order valence-electron chi connectivity index (χ1n) is 5.45. The van der Waals surface area contributed by atoms with Crippen LogP contribution in [0, 0.1) is 0 Å². The molecule has 17 heavy (non-hydrogen) atoms. The molecule has 1 aromatic rings. The maximum Gasteiger partial charge on any atom is 0.186 e. The normalized spacial score (nSPS) is 23.1. The highest BCUT2D eigenvalue weighted by atomic mass is 32.2. The molecule has 0 aliphatic carbocycles. The van der Waals surface area contributed by atoms with Gasteiger partial charge in [-0.25, -0.2) is 8.42 Å². The van der Waals surface area contributed by atoms with E-state index in [1.165, 1.54) is 11.3 Å². The van der Waals surface area contributed by atoms with Gasteiger partial charge >= 0.3 is 0 Å². The summed E-state index contributed by atoms with van der Waals surface area (Å²) in [5.41, 5.74) is 0. The molecule has 0 N–H and O–H groups in total. The van der Waals surface area contributed by atoms with Crippen LogP contribution in [0.1, 0.15) is 16.1 Å². The van der Waals surface area contributed by atoms with Crippen molar-refractivity contribution in [3.05, 3.63) is 22.4 Å². The summed E-state index contributed by atoms with van der Waals surface area (Å²) in [6.45, 7) is 0.292. The molecule has 1 unspecified atom stereocenters. The first kappa shape index (κ1) is 12.7. The Balaban J connectivity index is 1.94. The Labute approximate surface area is 105 Å². The van der Waals surface area contributed by atoms with Gasteiger partial charge in [-0.3, -0.25) is 9.69 Å². The summed E-state index contributed by atoms with van der Waals surface area (Å²) >= 11 is 1.42. The third-order valence-electron chi connectivity index (χ3n) is 3.02. The first-order valence-corrected chi connectivity index (χ1v) is 8.15. The minimum Gasteiger partial charge on any atom is -0.295 e. The zero-order chi connectivity index (χ0) is 12.5. The first-order chi connectivity index (χ1) is 7.98. The summed E-state index contributed by atoms with van der Waals surface area (Å²) in [5, 5.41) is 1.87. The van der Waals surface area contributed by atoms with Crippen molar-refractivity contribution in [2.24, 2.45) is 0 Å². The van der Waals surface area contributed by atoms with Crippen LogP contribution in [0.2, 0.25) is 0 Å². The van der Waals surface area contributed by atoms with Crippen LogP contribution in [0.25, 0.3) is 0 Å². The molecule has 2 heterocycles. The van der Waals surface area contributed by atoms with Gasteiger partial charge in [-0.1, -0.05) is 6.07 Å². The highest BCUT2D eigenvalue weighted by Crippen LogP contribution is 2.17. The van der Waals surface area contributed by atoms with Gasteiger partial charge in [-0.05, 0) is 24.9 Å². The Morgan fingerprint density at radius 2 is 2.35 bits per heavy atom. The fraction of sp³-hybridized carbons (Fsp3) is 0.545. The van der Waals surface area contributed by atoms with Crippen molar-refractivity contribution >= 4 is 27.0 Å². The van der Waals surface area contributed by atoms with Gasteiger partial charge < -0.3 is 0 Å². The van der Waals surface area contributed by atoms with Crippen molar-refractivity contribution in [1.82, 2.24) is 4.90 Å². The molecular formula is C11H15NO3S2. The molecule has 1 aliphatic rings. The summed E-state index contributed by atoms with van der Waals surface area (Å²) in [7, 11) is -1.06. The highest BCUT2D eigenvalue weighted by Gasteiger charge is 2.31. The molecule has 4 nitrogen and oxygen atoms in total. The van der Waals surface area contributed by atoms with E-state index in [4.69, 9.17) is 0 Å². The van der Waals surface area contributed by atoms with Crippen LogP contribution in [-0.4, -0.2) is 50.2 Å². The summed E-state index contributed by atoms with van der Waals surface area (Å²) in [5.74, 6) is 0.489. The Bertz CT molecular complexity index is 493. The van der Waals surface area contributed by atoms with Crippen LogP contribution < -0.4 is 0 Å². The molecule has 1 fully saturated rings. The quantitative estimate of drug-likeness (QED) is 0.770. The lowest BCUT2D eigenvalue weighted by Gasteiger charge is -2.21. The second-order valence-corrected chi connectivity index (χ2v) is 7.55. The number of carbonyl (C=O) groups is 1. The zero-order valence-corrected chi connectivity index (χ0v) is 11.3. The van der Waals surface area contributed by atoms with Gasteiger partial charge in [0.05, 0.1) is 22.9 Å². The van der Waals surface area contributed by atoms with E-state index in [-0.39, 0.29) is 23.3 Å². The number of rotatable bonds is 4. The van der Waals surface area contributed by atoms with Crippen LogP contribution in [-0.2, 0) is 9.84 Å². The Kier molecular flexibility index (Phi) is 3.65. The molecule has 0 saturated carbocycles. The van der Waals surface area contributed by atoms with E-state index in [2.05, 4.69) is 0 Å². The molecule has 2 rings (SSSR count). The van der Waals surface area contributed by atoms with Crippen LogP contribution in [0.5, 0.6) is 0 Å². The number of hydrogen-bond acceptors (Lipinski definition) is 5. The van der Waals surface area contributed by atoms with Crippen molar-refractivity contribution in [2.75, 3.05) is 25.1 Å². The molecule has 0 radical (unpaired) electrons. The Morgan fingerprint density at radius 1 is 1.59 bits per heavy atom. The van der Waals surface area contributed by atoms with Gasteiger partial charge in [0.2, 0.25) is 0 Å². The largest absolute Gasteiger partial charge is 0.295 e.